The van der Waals surface area contributed by atoms with Crippen LogP contribution in [0.5, 0.6) is 0 Å². The van der Waals surface area contributed by atoms with Gasteiger partial charge in [-0.15, -0.1) is 0 Å². The number of benzene rings is 1. The molecule has 2 rings (SSSR count). The van der Waals surface area contributed by atoms with Crippen molar-refractivity contribution in [3.63, 3.8) is 0 Å². The monoisotopic (exact) mass is 446 g/mol. The summed E-state index contributed by atoms with van der Waals surface area (Å²) in [5.74, 6) is 0. The zero-order chi connectivity index (χ0) is 19.1. The highest BCUT2D eigenvalue weighted by Crippen LogP contribution is 2.32. The Morgan fingerprint density at radius 2 is 1.69 bits per heavy atom. The highest BCUT2D eigenvalue weighted by molar-refractivity contribution is 7.80. The molecule has 1 aromatic heterocycles. The van der Waals surface area contributed by atoms with Crippen LogP contribution in [0.15, 0.2) is 41.6 Å². The summed E-state index contributed by atoms with van der Waals surface area (Å²) < 4.78 is 0. The smallest absolute Gasteiger partial charge is 0.205 e. The molecule has 2 aromatic rings. The average Bonchev–Trinajstić information content (AvgIpc) is 2.63. The summed E-state index contributed by atoms with van der Waals surface area (Å²) in [7, 11) is 0. The standard InChI is InChI=1S/C15H13Cl3N6S2/c1-8(12-4-2-3-5-19-12)21-23-15(26)24-22-14(25)20-13-7-10(17)9(16)6-11(13)18/h2-7H,1H3,(H2,20,22,25)(H2,23,24,26)/b21-8+. The molecule has 4 N–H and O–H groups in total. The number of hydrogen-bond donors (Lipinski definition) is 4. The third-order valence-corrected chi connectivity index (χ3v) is 4.34. The van der Waals surface area contributed by atoms with Crippen molar-refractivity contribution in [1.29, 1.82) is 0 Å². The van der Waals surface area contributed by atoms with Gasteiger partial charge in [-0.05, 0) is 55.6 Å². The molecule has 0 aliphatic carbocycles. The first-order chi connectivity index (χ1) is 12.4. The number of rotatable bonds is 3. The van der Waals surface area contributed by atoms with E-state index in [1.54, 1.807) is 12.3 Å². The fraction of sp³-hybridized carbons (Fsp3) is 0.0667. The molecule has 1 heterocycles. The van der Waals surface area contributed by atoms with Gasteiger partial charge in [-0.3, -0.25) is 21.3 Å². The number of hydrazine groups is 1. The Morgan fingerprint density at radius 3 is 2.38 bits per heavy atom. The van der Waals surface area contributed by atoms with Gasteiger partial charge < -0.3 is 5.32 Å². The third-order valence-electron chi connectivity index (χ3n) is 2.91. The summed E-state index contributed by atoms with van der Waals surface area (Å²) in [6.45, 7) is 1.81. The van der Waals surface area contributed by atoms with E-state index >= 15 is 0 Å². The van der Waals surface area contributed by atoms with Gasteiger partial charge in [0.15, 0.2) is 5.11 Å². The number of nitrogens with zero attached hydrogens (tertiary/aromatic N) is 2. The molecule has 0 spiro atoms. The Balaban J connectivity index is 1.84. The number of aromatic nitrogens is 1. The summed E-state index contributed by atoms with van der Waals surface area (Å²) in [5.41, 5.74) is 10.00. The van der Waals surface area contributed by atoms with Gasteiger partial charge in [-0.1, -0.05) is 40.9 Å². The molecule has 0 atom stereocenters. The van der Waals surface area contributed by atoms with Gasteiger partial charge in [0.1, 0.15) is 0 Å². The zero-order valence-corrected chi connectivity index (χ0v) is 17.2. The summed E-state index contributed by atoms with van der Waals surface area (Å²) in [5, 5.41) is 8.52. The number of nitrogens with one attached hydrogen (secondary N) is 4. The highest BCUT2D eigenvalue weighted by Gasteiger charge is 2.07. The first-order valence-corrected chi connectivity index (χ1v) is 9.05. The van der Waals surface area contributed by atoms with Crippen LogP contribution in [-0.2, 0) is 0 Å². The lowest BCUT2D eigenvalue weighted by atomic mass is 10.3. The molecule has 136 valence electrons. The van der Waals surface area contributed by atoms with E-state index in [1.807, 2.05) is 25.1 Å². The van der Waals surface area contributed by atoms with Crippen LogP contribution in [0.3, 0.4) is 0 Å². The Bertz CT molecular complexity index is 845. The molecule has 0 bridgehead atoms. The topological polar surface area (TPSA) is 73.4 Å². The molecule has 0 unspecified atom stereocenters. The quantitative estimate of drug-likeness (QED) is 0.244. The molecule has 6 nitrogen and oxygen atoms in total. The van der Waals surface area contributed by atoms with Crippen molar-refractivity contribution in [2.75, 3.05) is 5.32 Å². The summed E-state index contributed by atoms with van der Waals surface area (Å²) >= 11 is 28.2. The largest absolute Gasteiger partial charge is 0.330 e. The minimum atomic E-state index is 0.213. The normalized spacial score (nSPS) is 10.8. The molecule has 0 amide bonds. The molecule has 0 radical (unpaired) electrons. The van der Waals surface area contributed by atoms with Crippen molar-refractivity contribution < 1.29 is 0 Å². The third kappa shape index (κ3) is 6.22. The Kier molecular flexibility index (Phi) is 7.80. The van der Waals surface area contributed by atoms with E-state index < -0.39 is 0 Å². The van der Waals surface area contributed by atoms with E-state index in [0.29, 0.717) is 26.5 Å². The van der Waals surface area contributed by atoms with Gasteiger partial charge >= 0.3 is 0 Å². The van der Waals surface area contributed by atoms with E-state index in [1.165, 1.54) is 6.07 Å². The molecular weight excluding hydrogens is 435 g/mol. The Hall–Kier alpha value is -1.71. The first kappa shape index (κ1) is 20.6. The minimum Gasteiger partial charge on any atom is -0.330 e. The average molecular weight is 448 g/mol. The van der Waals surface area contributed by atoms with Gasteiger partial charge in [0.25, 0.3) is 0 Å². The second-order valence-electron chi connectivity index (χ2n) is 4.80. The van der Waals surface area contributed by atoms with Gasteiger partial charge in [0, 0.05) is 6.20 Å². The fourth-order valence-corrected chi connectivity index (χ4v) is 2.53. The van der Waals surface area contributed by atoms with E-state index in [0.717, 1.165) is 5.69 Å². The molecule has 26 heavy (non-hydrogen) atoms. The van der Waals surface area contributed by atoms with Crippen LogP contribution in [0.25, 0.3) is 0 Å². The van der Waals surface area contributed by atoms with Crippen molar-refractivity contribution in [2.45, 2.75) is 6.92 Å². The van der Waals surface area contributed by atoms with Gasteiger partial charge in [0.05, 0.1) is 32.2 Å². The van der Waals surface area contributed by atoms with Crippen LogP contribution in [0, 0.1) is 0 Å². The molecule has 0 saturated carbocycles. The van der Waals surface area contributed by atoms with Gasteiger partial charge in [0.2, 0.25) is 5.11 Å². The first-order valence-electron chi connectivity index (χ1n) is 7.10. The van der Waals surface area contributed by atoms with Gasteiger partial charge in [-0.25, -0.2) is 0 Å². The summed E-state index contributed by atoms with van der Waals surface area (Å²) in [6, 6.07) is 8.63. The minimum absolute atomic E-state index is 0.213. The molecule has 0 fully saturated rings. The van der Waals surface area contributed by atoms with Crippen LogP contribution >= 0.6 is 59.2 Å². The highest BCUT2D eigenvalue weighted by atomic mass is 35.5. The maximum atomic E-state index is 6.08. The number of anilines is 1. The lowest BCUT2D eigenvalue weighted by Crippen LogP contribution is -2.47. The second-order valence-corrected chi connectivity index (χ2v) is 6.84. The zero-order valence-electron chi connectivity index (χ0n) is 13.3. The number of hydrazone groups is 1. The lowest BCUT2D eigenvalue weighted by molar-refractivity contribution is 0.834. The predicted octanol–water partition coefficient (Wildman–Crippen LogP) is 4.13. The van der Waals surface area contributed by atoms with Crippen molar-refractivity contribution >= 4 is 80.9 Å². The van der Waals surface area contributed by atoms with E-state index in [4.69, 9.17) is 59.2 Å². The van der Waals surface area contributed by atoms with Gasteiger partial charge in [-0.2, -0.15) is 5.10 Å². The van der Waals surface area contributed by atoms with Crippen molar-refractivity contribution in [3.05, 3.63) is 57.3 Å². The molecule has 0 aliphatic heterocycles. The Morgan fingerprint density at radius 1 is 1.00 bits per heavy atom. The van der Waals surface area contributed by atoms with Crippen LogP contribution in [-0.4, -0.2) is 20.9 Å². The lowest BCUT2D eigenvalue weighted by Gasteiger charge is -2.14. The SMILES string of the molecule is C/C(=N\NC(=S)NNC(=S)Nc1cc(Cl)c(Cl)cc1Cl)c1ccccn1. The Labute approximate surface area is 176 Å². The summed E-state index contributed by atoms with van der Waals surface area (Å²) in [4.78, 5) is 4.19. The maximum absolute atomic E-state index is 6.08. The number of halogens is 3. The molecule has 0 aliphatic rings. The predicted molar refractivity (Wildman–Crippen MR) is 116 cm³/mol. The molecular formula is C15H13Cl3N6S2. The molecule has 0 saturated heterocycles. The fourth-order valence-electron chi connectivity index (χ4n) is 1.68. The molecule has 11 heteroatoms. The van der Waals surface area contributed by atoms with Crippen LogP contribution in [0.4, 0.5) is 5.69 Å². The van der Waals surface area contributed by atoms with Crippen molar-refractivity contribution in [3.8, 4) is 0 Å². The summed E-state index contributed by atoms with van der Waals surface area (Å²) in [6.07, 6.45) is 1.69. The van der Waals surface area contributed by atoms with Crippen LogP contribution in [0.2, 0.25) is 15.1 Å². The van der Waals surface area contributed by atoms with Crippen LogP contribution < -0.4 is 21.6 Å². The second kappa shape index (κ2) is 9.84. The number of thiocarbonyl (C=S) groups is 2. The number of pyridine rings is 1. The maximum Gasteiger partial charge on any atom is 0.205 e. The molecule has 1 aromatic carbocycles. The van der Waals surface area contributed by atoms with E-state index in [9.17, 15) is 0 Å². The van der Waals surface area contributed by atoms with Crippen molar-refractivity contribution in [2.24, 2.45) is 5.10 Å². The van der Waals surface area contributed by atoms with E-state index in [2.05, 4.69) is 31.7 Å². The van der Waals surface area contributed by atoms with E-state index in [-0.39, 0.29) is 10.2 Å². The van der Waals surface area contributed by atoms with Crippen molar-refractivity contribution in [1.82, 2.24) is 21.3 Å². The number of hydrogen-bond acceptors (Lipinski definition) is 4. The van der Waals surface area contributed by atoms with Crippen LogP contribution in [0.1, 0.15) is 12.6 Å².